The summed E-state index contributed by atoms with van der Waals surface area (Å²) >= 11 is 0. The number of likely N-dealkylation sites (tertiary alicyclic amines) is 1. The third-order valence-corrected chi connectivity index (χ3v) is 5.50. The van der Waals surface area contributed by atoms with Crippen LogP contribution in [0.3, 0.4) is 0 Å². The quantitative estimate of drug-likeness (QED) is 0.753. The lowest BCUT2D eigenvalue weighted by Gasteiger charge is -2.33. The maximum Gasteiger partial charge on any atom is 0.322 e. The standard InChI is InChI=1S/C21H28N4O4/c1-14-11-16(27-2)8-9-17(14)22-21(26)25-10-4-3-5-18(25)20-23-19(29-24-20)13-28-12-15-6-7-15/h8-9,11,15,18H,3-7,10,12-13H2,1-2H3,(H,22,26)/t18-/m0/s1. The molecular weight excluding hydrogens is 372 g/mol. The largest absolute Gasteiger partial charge is 0.497 e. The van der Waals surface area contributed by atoms with Crippen LogP contribution in [0.25, 0.3) is 0 Å². The molecule has 8 heteroatoms. The van der Waals surface area contributed by atoms with Crippen LogP contribution in [0.4, 0.5) is 10.5 Å². The number of piperidine rings is 1. The molecule has 2 heterocycles. The molecule has 1 aliphatic carbocycles. The number of hydrogen-bond acceptors (Lipinski definition) is 6. The number of carbonyl (C=O) groups is 1. The molecule has 1 saturated heterocycles. The molecule has 0 bridgehead atoms. The topological polar surface area (TPSA) is 89.7 Å². The van der Waals surface area contributed by atoms with Gasteiger partial charge in [0.1, 0.15) is 12.4 Å². The summed E-state index contributed by atoms with van der Waals surface area (Å²) in [6, 6.07) is 5.25. The molecule has 0 spiro atoms. The fourth-order valence-electron chi connectivity index (χ4n) is 3.59. The number of ether oxygens (including phenoxy) is 2. The first kappa shape index (κ1) is 19.7. The number of urea groups is 1. The van der Waals surface area contributed by atoms with Crippen LogP contribution in [0.15, 0.2) is 22.7 Å². The Morgan fingerprint density at radius 1 is 1.31 bits per heavy atom. The molecule has 2 aliphatic rings. The predicted octanol–water partition coefficient (Wildman–Crippen LogP) is 4.07. The van der Waals surface area contributed by atoms with E-state index in [0.717, 1.165) is 42.9 Å². The number of nitrogens with one attached hydrogen (secondary N) is 1. The van der Waals surface area contributed by atoms with Crippen molar-refractivity contribution in [3.8, 4) is 5.75 Å². The Morgan fingerprint density at radius 3 is 2.93 bits per heavy atom. The van der Waals surface area contributed by atoms with Crippen molar-refractivity contribution in [1.82, 2.24) is 15.0 Å². The van der Waals surface area contributed by atoms with Crippen molar-refractivity contribution >= 4 is 11.7 Å². The summed E-state index contributed by atoms with van der Waals surface area (Å²) in [4.78, 5) is 19.3. The molecule has 2 aromatic rings. The minimum Gasteiger partial charge on any atom is -0.497 e. The van der Waals surface area contributed by atoms with Crippen LogP contribution in [0.1, 0.15) is 55.4 Å². The molecular formula is C21H28N4O4. The van der Waals surface area contributed by atoms with Crippen molar-refractivity contribution in [1.29, 1.82) is 0 Å². The van der Waals surface area contributed by atoms with E-state index in [9.17, 15) is 4.79 Å². The average Bonchev–Trinajstić information content (AvgIpc) is 3.44. The van der Waals surface area contributed by atoms with Crippen LogP contribution in [-0.2, 0) is 11.3 Å². The lowest BCUT2D eigenvalue weighted by molar-refractivity contribution is 0.0894. The maximum atomic E-state index is 13.0. The number of rotatable bonds is 7. The van der Waals surface area contributed by atoms with E-state index in [1.165, 1.54) is 12.8 Å². The van der Waals surface area contributed by atoms with Gasteiger partial charge in [0.2, 0.25) is 0 Å². The molecule has 29 heavy (non-hydrogen) atoms. The minimum absolute atomic E-state index is 0.153. The van der Waals surface area contributed by atoms with Crippen LogP contribution >= 0.6 is 0 Å². The highest BCUT2D eigenvalue weighted by Crippen LogP contribution is 2.31. The fourth-order valence-corrected chi connectivity index (χ4v) is 3.59. The second-order valence-electron chi connectivity index (χ2n) is 7.82. The number of amides is 2. The number of benzene rings is 1. The van der Waals surface area contributed by atoms with Gasteiger partial charge in [-0.15, -0.1) is 0 Å². The highest BCUT2D eigenvalue weighted by Gasteiger charge is 2.32. The van der Waals surface area contributed by atoms with Gasteiger partial charge >= 0.3 is 6.03 Å². The third kappa shape index (κ3) is 4.87. The normalized spacial score (nSPS) is 19.2. The molecule has 1 atom stereocenters. The monoisotopic (exact) mass is 400 g/mol. The SMILES string of the molecule is COc1ccc(NC(=O)N2CCCC[C@H]2c2noc(COCC3CC3)n2)c(C)c1. The van der Waals surface area contributed by atoms with Gasteiger partial charge in [-0.25, -0.2) is 4.79 Å². The van der Waals surface area contributed by atoms with E-state index in [0.29, 0.717) is 30.8 Å². The van der Waals surface area contributed by atoms with Crippen LogP contribution in [-0.4, -0.2) is 41.3 Å². The Bertz CT molecular complexity index is 849. The van der Waals surface area contributed by atoms with Crippen molar-refractivity contribution in [3.63, 3.8) is 0 Å². The molecule has 156 valence electrons. The second-order valence-corrected chi connectivity index (χ2v) is 7.82. The third-order valence-electron chi connectivity index (χ3n) is 5.50. The summed E-state index contributed by atoms with van der Waals surface area (Å²) in [5, 5.41) is 7.14. The van der Waals surface area contributed by atoms with E-state index < -0.39 is 0 Å². The zero-order valence-corrected chi connectivity index (χ0v) is 17.0. The summed E-state index contributed by atoms with van der Waals surface area (Å²) < 4.78 is 16.2. The van der Waals surface area contributed by atoms with Crippen molar-refractivity contribution in [3.05, 3.63) is 35.5 Å². The fraction of sp³-hybridized carbons (Fsp3) is 0.571. The molecule has 0 unspecified atom stereocenters. The van der Waals surface area contributed by atoms with Gasteiger partial charge in [0.15, 0.2) is 5.82 Å². The van der Waals surface area contributed by atoms with Gasteiger partial charge in [-0.2, -0.15) is 4.98 Å². The van der Waals surface area contributed by atoms with Crippen LogP contribution in [0.5, 0.6) is 5.75 Å². The Kier molecular flexibility index (Phi) is 5.99. The molecule has 2 fully saturated rings. The van der Waals surface area contributed by atoms with Gasteiger partial charge in [0, 0.05) is 12.2 Å². The average molecular weight is 400 g/mol. The Hall–Kier alpha value is -2.61. The lowest BCUT2D eigenvalue weighted by atomic mass is 10.0. The molecule has 1 saturated carbocycles. The molecule has 8 nitrogen and oxygen atoms in total. The van der Waals surface area contributed by atoms with Gasteiger partial charge in [-0.05, 0) is 68.7 Å². The first-order valence-corrected chi connectivity index (χ1v) is 10.3. The second kappa shape index (κ2) is 8.82. The Labute approximate surface area is 170 Å². The van der Waals surface area contributed by atoms with Crippen molar-refractivity contribution in [2.45, 2.75) is 51.7 Å². The van der Waals surface area contributed by atoms with Gasteiger partial charge < -0.3 is 24.2 Å². The van der Waals surface area contributed by atoms with Gasteiger partial charge in [0.25, 0.3) is 5.89 Å². The minimum atomic E-state index is -0.191. The van der Waals surface area contributed by atoms with E-state index in [1.807, 2.05) is 25.1 Å². The number of anilines is 1. The number of carbonyl (C=O) groups excluding carboxylic acids is 1. The van der Waals surface area contributed by atoms with E-state index in [1.54, 1.807) is 12.0 Å². The summed E-state index contributed by atoms with van der Waals surface area (Å²) in [5.41, 5.74) is 1.71. The van der Waals surface area contributed by atoms with Gasteiger partial charge in [-0.1, -0.05) is 5.16 Å². The van der Waals surface area contributed by atoms with Crippen molar-refractivity contribution in [2.24, 2.45) is 5.92 Å². The summed E-state index contributed by atoms with van der Waals surface area (Å²) in [5.74, 6) is 2.48. The summed E-state index contributed by atoms with van der Waals surface area (Å²) in [6.45, 7) is 3.68. The number of hydrogen-bond donors (Lipinski definition) is 1. The summed E-state index contributed by atoms with van der Waals surface area (Å²) in [7, 11) is 1.63. The zero-order chi connectivity index (χ0) is 20.2. The molecule has 1 N–H and O–H groups in total. The van der Waals surface area contributed by atoms with E-state index in [-0.39, 0.29) is 12.1 Å². The zero-order valence-electron chi connectivity index (χ0n) is 17.0. The number of nitrogens with zero attached hydrogens (tertiary/aromatic N) is 3. The highest BCUT2D eigenvalue weighted by atomic mass is 16.5. The number of aromatic nitrogens is 2. The smallest absolute Gasteiger partial charge is 0.322 e. The maximum absolute atomic E-state index is 13.0. The van der Waals surface area contributed by atoms with Crippen LogP contribution in [0.2, 0.25) is 0 Å². The number of aryl methyl sites for hydroxylation is 1. The molecule has 1 aromatic heterocycles. The van der Waals surface area contributed by atoms with Crippen molar-refractivity contribution in [2.75, 3.05) is 25.6 Å². The van der Waals surface area contributed by atoms with Crippen LogP contribution in [0, 0.1) is 12.8 Å². The van der Waals surface area contributed by atoms with E-state index >= 15 is 0 Å². The van der Waals surface area contributed by atoms with Gasteiger partial charge in [-0.3, -0.25) is 0 Å². The molecule has 4 rings (SSSR count). The first-order chi connectivity index (χ1) is 14.1. The molecule has 1 aliphatic heterocycles. The van der Waals surface area contributed by atoms with Crippen LogP contribution < -0.4 is 10.1 Å². The highest BCUT2D eigenvalue weighted by molar-refractivity contribution is 5.90. The Morgan fingerprint density at radius 2 is 2.17 bits per heavy atom. The molecule has 1 aromatic carbocycles. The Balaban J connectivity index is 1.41. The van der Waals surface area contributed by atoms with Gasteiger partial charge in [0.05, 0.1) is 19.8 Å². The molecule has 0 radical (unpaired) electrons. The van der Waals surface area contributed by atoms with E-state index in [4.69, 9.17) is 14.0 Å². The predicted molar refractivity (Wildman–Crippen MR) is 107 cm³/mol. The number of methoxy groups -OCH3 is 1. The summed E-state index contributed by atoms with van der Waals surface area (Å²) in [6.07, 6.45) is 5.29. The molecule has 2 amide bonds. The first-order valence-electron chi connectivity index (χ1n) is 10.3. The lowest BCUT2D eigenvalue weighted by Crippen LogP contribution is -2.41. The van der Waals surface area contributed by atoms with Crippen molar-refractivity contribution < 1.29 is 18.8 Å². The van der Waals surface area contributed by atoms with E-state index in [2.05, 4.69) is 15.5 Å².